The number of nitrogens with one attached hydrogen (secondary N) is 1. The van der Waals surface area contributed by atoms with Crippen LogP contribution in [-0.4, -0.2) is 38.6 Å². The van der Waals surface area contributed by atoms with Gasteiger partial charge in [-0.25, -0.2) is 9.59 Å². The van der Waals surface area contributed by atoms with E-state index >= 15 is 0 Å². The maximum absolute atomic E-state index is 11.9. The molecule has 1 fully saturated rings. The summed E-state index contributed by atoms with van der Waals surface area (Å²) in [5, 5.41) is 2.89. The first-order valence-corrected chi connectivity index (χ1v) is 7.52. The minimum Gasteiger partial charge on any atom is -0.466 e. The van der Waals surface area contributed by atoms with E-state index in [9.17, 15) is 14.4 Å². The van der Waals surface area contributed by atoms with Crippen LogP contribution < -0.4 is 10.2 Å². The lowest BCUT2D eigenvalue weighted by atomic mass is 10.1. The zero-order valence-corrected chi connectivity index (χ0v) is 13.9. The first-order chi connectivity index (χ1) is 11.5. The van der Waals surface area contributed by atoms with Gasteiger partial charge in [0.2, 0.25) is 5.91 Å². The van der Waals surface area contributed by atoms with Gasteiger partial charge in [-0.15, -0.1) is 0 Å². The summed E-state index contributed by atoms with van der Waals surface area (Å²) in [6.07, 6.45) is 2.39. The van der Waals surface area contributed by atoms with Gasteiger partial charge in [-0.3, -0.25) is 4.79 Å². The predicted octanol–water partition coefficient (Wildman–Crippen LogP) is 1.76. The predicted molar refractivity (Wildman–Crippen MR) is 88.5 cm³/mol. The fourth-order valence-electron chi connectivity index (χ4n) is 2.41. The number of hydrogen-bond acceptors (Lipinski definition) is 6. The van der Waals surface area contributed by atoms with Gasteiger partial charge in [0.25, 0.3) is 0 Å². The average Bonchev–Trinajstić information content (AvgIpc) is 3.01. The number of amides is 1. The number of rotatable bonds is 5. The quantitative estimate of drug-likeness (QED) is 0.653. The van der Waals surface area contributed by atoms with Crippen molar-refractivity contribution in [2.75, 3.05) is 31.0 Å². The molecule has 1 aromatic rings. The molecule has 0 atom stereocenters. The molecule has 128 valence electrons. The zero-order valence-electron chi connectivity index (χ0n) is 13.9. The topological polar surface area (TPSA) is 84.9 Å². The zero-order chi connectivity index (χ0) is 17.7. The first-order valence-electron chi connectivity index (χ1n) is 7.52. The van der Waals surface area contributed by atoms with E-state index in [1.54, 1.807) is 11.0 Å². The second-order valence-corrected chi connectivity index (χ2v) is 5.35. The van der Waals surface area contributed by atoms with Crippen LogP contribution in [0.4, 0.5) is 11.4 Å². The number of aryl methyl sites for hydroxylation is 1. The lowest BCUT2D eigenvalue weighted by Crippen LogP contribution is -2.24. The van der Waals surface area contributed by atoms with E-state index < -0.39 is 11.9 Å². The molecule has 0 bridgehead atoms. The minimum absolute atomic E-state index is 0.0441. The molecule has 1 heterocycles. The van der Waals surface area contributed by atoms with Crippen molar-refractivity contribution in [2.24, 2.45) is 0 Å². The number of anilines is 2. The van der Waals surface area contributed by atoms with Gasteiger partial charge in [0.1, 0.15) is 5.70 Å². The van der Waals surface area contributed by atoms with E-state index in [1.165, 1.54) is 14.2 Å². The van der Waals surface area contributed by atoms with Gasteiger partial charge in [-0.05, 0) is 31.0 Å². The fraction of sp³-hybridized carbons (Fsp3) is 0.353. The van der Waals surface area contributed by atoms with Crippen LogP contribution in [0.2, 0.25) is 0 Å². The fourth-order valence-corrected chi connectivity index (χ4v) is 2.41. The Hall–Kier alpha value is -2.83. The van der Waals surface area contributed by atoms with E-state index in [-0.39, 0.29) is 11.6 Å². The highest BCUT2D eigenvalue weighted by molar-refractivity contribution is 5.99. The summed E-state index contributed by atoms with van der Waals surface area (Å²) in [5.74, 6) is -1.29. The number of esters is 2. The third kappa shape index (κ3) is 3.92. The Balaban J connectivity index is 2.32. The number of hydrogen-bond donors (Lipinski definition) is 1. The van der Waals surface area contributed by atoms with Gasteiger partial charge in [-0.1, -0.05) is 6.07 Å². The third-order valence-corrected chi connectivity index (χ3v) is 3.74. The number of nitrogens with zero attached hydrogens (tertiary/aromatic N) is 1. The minimum atomic E-state index is -0.692. The molecule has 1 aliphatic rings. The van der Waals surface area contributed by atoms with Crippen LogP contribution in [0.5, 0.6) is 0 Å². The average molecular weight is 332 g/mol. The Bertz CT molecular complexity index is 696. The summed E-state index contributed by atoms with van der Waals surface area (Å²) in [7, 11) is 2.44. The molecule has 0 radical (unpaired) electrons. The van der Waals surface area contributed by atoms with Crippen LogP contribution >= 0.6 is 0 Å². The van der Waals surface area contributed by atoms with Gasteiger partial charge in [-0.2, -0.15) is 0 Å². The molecule has 1 N–H and O–H groups in total. The van der Waals surface area contributed by atoms with E-state index in [0.29, 0.717) is 18.7 Å². The van der Waals surface area contributed by atoms with Crippen LogP contribution in [0.15, 0.2) is 30.0 Å². The Morgan fingerprint density at radius 2 is 2.00 bits per heavy atom. The van der Waals surface area contributed by atoms with Crippen molar-refractivity contribution in [1.82, 2.24) is 0 Å². The highest BCUT2D eigenvalue weighted by Gasteiger charge is 2.22. The molecule has 1 saturated heterocycles. The Morgan fingerprint density at radius 1 is 1.25 bits per heavy atom. The Morgan fingerprint density at radius 3 is 2.58 bits per heavy atom. The lowest BCUT2D eigenvalue weighted by molar-refractivity contribution is -0.138. The van der Waals surface area contributed by atoms with Gasteiger partial charge in [0.05, 0.1) is 20.3 Å². The highest BCUT2D eigenvalue weighted by atomic mass is 16.5. The highest BCUT2D eigenvalue weighted by Crippen LogP contribution is 2.27. The van der Waals surface area contributed by atoms with Gasteiger partial charge >= 0.3 is 11.9 Å². The summed E-state index contributed by atoms with van der Waals surface area (Å²) < 4.78 is 9.22. The molecule has 0 spiro atoms. The lowest BCUT2D eigenvalue weighted by Gasteiger charge is -2.19. The molecule has 0 saturated carbocycles. The summed E-state index contributed by atoms with van der Waals surface area (Å²) in [5.41, 5.74) is 2.16. The second-order valence-electron chi connectivity index (χ2n) is 5.35. The van der Waals surface area contributed by atoms with Crippen molar-refractivity contribution in [3.05, 3.63) is 35.5 Å². The molecule has 7 heteroatoms. The van der Waals surface area contributed by atoms with E-state index in [1.807, 2.05) is 19.1 Å². The van der Waals surface area contributed by atoms with Gasteiger partial charge < -0.3 is 19.7 Å². The smallest absolute Gasteiger partial charge is 0.354 e. The number of methoxy groups -OCH3 is 2. The molecule has 1 amide bonds. The van der Waals surface area contributed by atoms with Crippen LogP contribution in [0.25, 0.3) is 0 Å². The number of benzene rings is 1. The summed E-state index contributed by atoms with van der Waals surface area (Å²) >= 11 is 0. The largest absolute Gasteiger partial charge is 0.466 e. The third-order valence-electron chi connectivity index (χ3n) is 3.74. The second kappa shape index (κ2) is 7.63. The summed E-state index contributed by atoms with van der Waals surface area (Å²) in [6.45, 7) is 2.52. The molecule has 0 unspecified atom stereocenters. The van der Waals surface area contributed by atoms with E-state index in [4.69, 9.17) is 0 Å². The van der Waals surface area contributed by atoms with E-state index in [0.717, 1.165) is 23.7 Å². The van der Waals surface area contributed by atoms with Crippen LogP contribution in [-0.2, 0) is 23.9 Å². The molecule has 2 rings (SSSR count). The normalized spacial score (nSPS) is 14.5. The van der Waals surface area contributed by atoms with Crippen LogP contribution in [0, 0.1) is 6.92 Å². The van der Waals surface area contributed by atoms with Gasteiger partial charge in [0.15, 0.2) is 0 Å². The number of ether oxygens (including phenoxy) is 2. The molecule has 0 aromatic heterocycles. The summed E-state index contributed by atoms with van der Waals surface area (Å²) in [6, 6.07) is 5.47. The van der Waals surface area contributed by atoms with Crippen molar-refractivity contribution >= 4 is 29.2 Å². The van der Waals surface area contributed by atoms with Crippen molar-refractivity contribution in [3.63, 3.8) is 0 Å². The van der Waals surface area contributed by atoms with Gasteiger partial charge in [0, 0.05) is 24.3 Å². The monoisotopic (exact) mass is 332 g/mol. The maximum atomic E-state index is 11.9. The van der Waals surface area contributed by atoms with Crippen molar-refractivity contribution in [1.29, 1.82) is 0 Å². The van der Waals surface area contributed by atoms with Crippen LogP contribution in [0.1, 0.15) is 18.4 Å². The Labute approximate surface area is 140 Å². The van der Waals surface area contributed by atoms with Crippen LogP contribution in [0.3, 0.4) is 0 Å². The first kappa shape index (κ1) is 17.5. The maximum Gasteiger partial charge on any atom is 0.354 e. The molecule has 0 aliphatic carbocycles. The van der Waals surface area contributed by atoms with Crippen molar-refractivity contribution in [3.8, 4) is 0 Å². The molecule has 24 heavy (non-hydrogen) atoms. The van der Waals surface area contributed by atoms with Crippen molar-refractivity contribution < 1.29 is 23.9 Å². The molecular formula is C17H20N2O5. The number of carbonyl (C=O) groups is 3. The SMILES string of the molecule is COC(=O)/C=C(/Nc1cc(N2CCCC2=O)ccc1C)C(=O)OC. The Kier molecular flexibility index (Phi) is 5.57. The van der Waals surface area contributed by atoms with E-state index in [2.05, 4.69) is 14.8 Å². The molecule has 1 aliphatic heterocycles. The molecule has 7 nitrogen and oxygen atoms in total. The summed E-state index contributed by atoms with van der Waals surface area (Å²) in [4.78, 5) is 36.9. The standard InChI is InChI=1S/C17H20N2O5/c1-11-6-7-12(19-8-4-5-15(19)20)9-13(11)18-14(17(22)24-3)10-16(21)23-2/h6-7,9-10,18H,4-5,8H2,1-3H3/b14-10+. The van der Waals surface area contributed by atoms with Crippen molar-refractivity contribution in [2.45, 2.75) is 19.8 Å². The molecule has 1 aromatic carbocycles. The number of carbonyl (C=O) groups excluding carboxylic acids is 3. The molecular weight excluding hydrogens is 312 g/mol.